The average molecular weight is 413 g/mol. The highest BCUT2D eigenvalue weighted by atomic mass is 79.9. The van der Waals surface area contributed by atoms with Crippen LogP contribution in [0.1, 0.15) is 11.6 Å². The Labute approximate surface area is 155 Å². The van der Waals surface area contributed by atoms with E-state index < -0.39 is 0 Å². The van der Waals surface area contributed by atoms with Gasteiger partial charge in [-0.15, -0.1) is 0 Å². The van der Waals surface area contributed by atoms with E-state index in [0.717, 1.165) is 16.6 Å². The summed E-state index contributed by atoms with van der Waals surface area (Å²) in [5, 5.41) is 3.50. The van der Waals surface area contributed by atoms with Crippen LogP contribution in [0.5, 0.6) is 5.75 Å². The van der Waals surface area contributed by atoms with Crippen LogP contribution >= 0.6 is 27.5 Å². The minimum Gasteiger partial charge on any atom is -0.482 e. The average Bonchev–Trinajstić information content (AvgIpc) is 2.54. The van der Waals surface area contributed by atoms with Crippen molar-refractivity contribution in [1.29, 1.82) is 0 Å². The molecule has 2 aromatic carbocycles. The summed E-state index contributed by atoms with van der Waals surface area (Å²) in [6.45, 7) is 0.711. The number of hydrogen-bond acceptors (Lipinski definition) is 2. The van der Waals surface area contributed by atoms with E-state index in [-0.39, 0.29) is 18.6 Å². The lowest BCUT2D eigenvalue weighted by molar-refractivity contribution is -0.860. The first-order valence-electron chi connectivity index (χ1n) is 7.67. The first-order chi connectivity index (χ1) is 11.5. The summed E-state index contributed by atoms with van der Waals surface area (Å²) in [6.07, 6.45) is 0. The van der Waals surface area contributed by atoms with Crippen LogP contribution in [-0.4, -0.2) is 33.2 Å². The van der Waals surface area contributed by atoms with Crippen LogP contribution in [0.3, 0.4) is 0 Å². The first kappa shape index (κ1) is 18.8. The Bertz CT molecular complexity index is 680. The summed E-state index contributed by atoms with van der Waals surface area (Å²) in [7, 11) is 4.11. The molecule has 128 valence electrons. The molecule has 0 unspecified atom stereocenters. The maximum atomic E-state index is 12.3. The molecule has 0 fully saturated rings. The third-order valence-corrected chi connectivity index (χ3v) is 4.19. The smallest absolute Gasteiger partial charge is 0.258 e. The topological polar surface area (TPSA) is 42.8 Å². The molecule has 1 atom stereocenters. The van der Waals surface area contributed by atoms with Gasteiger partial charge in [-0.05, 0) is 23.8 Å². The second-order valence-electron chi connectivity index (χ2n) is 5.81. The lowest BCUT2D eigenvalue weighted by Gasteiger charge is -2.21. The van der Waals surface area contributed by atoms with Gasteiger partial charge in [-0.25, -0.2) is 0 Å². The van der Waals surface area contributed by atoms with Crippen LogP contribution in [-0.2, 0) is 4.79 Å². The van der Waals surface area contributed by atoms with E-state index in [1.54, 1.807) is 12.1 Å². The molecule has 0 saturated heterocycles. The van der Waals surface area contributed by atoms with Gasteiger partial charge >= 0.3 is 0 Å². The number of benzene rings is 2. The van der Waals surface area contributed by atoms with Gasteiger partial charge in [0.25, 0.3) is 5.91 Å². The Morgan fingerprint density at radius 1 is 1.25 bits per heavy atom. The molecule has 0 saturated carbocycles. The van der Waals surface area contributed by atoms with Gasteiger partial charge < -0.3 is 15.0 Å². The summed E-state index contributed by atoms with van der Waals surface area (Å²) in [5.41, 5.74) is 1.08. The van der Waals surface area contributed by atoms with E-state index in [2.05, 4.69) is 35.3 Å². The normalized spacial score (nSPS) is 12.0. The maximum absolute atomic E-state index is 12.3. The zero-order valence-corrected chi connectivity index (χ0v) is 16.0. The fraction of sp³-hybridized carbons (Fsp3) is 0.278. The Balaban J connectivity index is 1.97. The Hall–Kier alpha value is -1.56. The zero-order chi connectivity index (χ0) is 17.5. The molecular weight excluding hydrogens is 392 g/mol. The van der Waals surface area contributed by atoms with Crippen molar-refractivity contribution in [3.8, 4) is 5.75 Å². The van der Waals surface area contributed by atoms with E-state index in [1.165, 1.54) is 4.90 Å². The predicted molar refractivity (Wildman–Crippen MR) is 99.7 cm³/mol. The number of likely N-dealkylation sites (N-methyl/N-ethyl adjacent to an activating group) is 1. The largest absolute Gasteiger partial charge is 0.482 e. The second kappa shape index (κ2) is 9.06. The van der Waals surface area contributed by atoms with Gasteiger partial charge in [0.05, 0.1) is 19.1 Å². The van der Waals surface area contributed by atoms with Gasteiger partial charge in [0.2, 0.25) is 0 Å². The molecule has 0 aromatic heterocycles. The van der Waals surface area contributed by atoms with Crippen LogP contribution in [0.4, 0.5) is 0 Å². The van der Waals surface area contributed by atoms with Crippen molar-refractivity contribution in [1.82, 2.24) is 5.32 Å². The monoisotopic (exact) mass is 411 g/mol. The zero-order valence-electron chi connectivity index (χ0n) is 13.7. The summed E-state index contributed by atoms with van der Waals surface area (Å²) in [6, 6.07) is 15.2. The molecule has 0 aliphatic heterocycles. The Morgan fingerprint density at radius 2 is 1.96 bits per heavy atom. The quantitative estimate of drug-likeness (QED) is 0.734. The lowest BCUT2D eigenvalue weighted by Crippen LogP contribution is -3.06. The van der Waals surface area contributed by atoms with Crippen molar-refractivity contribution in [3.63, 3.8) is 0 Å². The van der Waals surface area contributed by atoms with Crippen molar-refractivity contribution in [2.75, 3.05) is 27.2 Å². The number of nitrogens with one attached hydrogen (secondary N) is 2. The summed E-state index contributed by atoms with van der Waals surface area (Å²) < 4.78 is 6.39. The van der Waals surface area contributed by atoms with E-state index in [9.17, 15) is 4.79 Å². The fourth-order valence-corrected chi connectivity index (χ4v) is 3.05. The van der Waals surface area contributed by atoms with Crippen molar-refractivity contribution < 1.29 is 14.4 Å². The first-order valence-corrected chi connectivity index (χ1v) is 8.84. The van der Waals surface area contributed by atoms with Crippen LogP contribution in [0.15, 0.2) is 53.0 Å². The van der Waals surface area contributed by atoms with Crippen molar-refractivity contribution >= 4 is 33.4 Å². The molecule has 0 radical (unpaired) electrons. The molecule has 0 bridgehead atoms. The molecule has 0 aliphatic rings. The number of amides is 1. The number of ether oxygens (including phenoxy) is 1. The summed E-state index contributed by atoms with van der Waals surface area (Å²) >= 11 is 9.43. The van der Waals surface area contributed by atoms with Crippen molar-refractivity contribution in [2.45, 2.75) is 6.04 Å². The van der Waals surface area contributed by atoms with E-state index in [1.807, 2.05) is 36.4 Å². The highest BCUT2D eigenvalue weighted by molar-refractivity contribution is 9.10. The van der Waals surface area contributed by atoms with Crippen molar-refractivity contribution in [3.05, 3.63) is 63.6 Å². The standard InChI is InChI=1S/C18H20BrClN2O2/c1-22(2)11-16(13-6-4-3-5-7-13)21-18(23)12-24-17-9-8-14(19)10-15(17)20/h3-10,16H,11-12H2,1-2H3,(H,21,23)/p+1/t16-/m0/s1. The fourth-order valence-electron chi connectivity index (χ4n) is 2.32. The van der Waals surface area contributed by atoms with E-state index >= 15 is 0 Å². The summed E-state index contributed by atoms with van der Waals surface area (Å²) in [4.78, 5) is 13.5. The molecule has 0 aliphatic carbocycles. The minimum absolute atomic E-state index is 0.0623. The van der Waals surface area contributed by atoms with Crippen LogP contribution < -0.4 is 15.0 Å². The molecular formula is C18H21BrClN2O2+. The number of rotatable bonds is 7. The highest BCUT2D eigenvalue weighted by Gasteiger charge is 2.18. The third kappa shape index (κ3) is 5.82. The number of quaternary nitrogens is 1. The molecule has 2 aromatic rings. The van der Waals surface area contributed by atoms with Crippen molar-refractivity contribution in [2.24, 2.45) is 0 Å². The molecule has 2 N–H and O–H groups in total. The lowest BCUT2D eigenvalue weighted by atomic mass is 10.1. The van der Waals surface area contributed by atoms with E-state index in [0.29, 0.717) is 10.8 Å². The molecule has 24 heavy (non-hydrogen) atoms. The van der Waals surface area contributed by atoms with Gasteiger partial charge in [0.15, 0.2) is 6.61 Å². The summed E-state index contributed by atoms with van der Waals surface area (Å²) in [5.74, 6) is 0.314. The molecule has 0 spiro atoms. The molecule has 0 heterocycles. The van der Waals surface area contributed by atoms with Gasteiger partial charge in [0, 0.05) is 4.47 Å². The van der Waals surface area contributed by atoms with Gasteiger partial charge in [-0.2, -0.15) is 0 Å². The van der Waals surface area contributed by atoms with Crippen LogP contribution in [0.25, 0.3) is 0 Å². The Morgan fingerprint density at radius 3 is 2.58 bits per heavy atom. The maximum Gasteiger partial charge on any atom is 0.258 e. The third-order valence-electron chi connectivity index (χ3n) is 3.40. The van der Waals surface area contributed by atoms with Gasteiger partial charge in [0.1, 0.15) is 18.3 Å². The predicted octanol–water partition coefficient (Wildman–Crippen LogP) is 2.48. The van der Waals surface area contributed by atoms with Crippen LogP contribution in [0.2, 0.25) is 5.02 Å². The number of hydrogen-bond donors (Lipinski definition) is 2. The number of carbonyl (C=O) groups is 1. The molecule has 4 nitrogen and oxygen atoms in total. The number of halogens is 2. The SMILES string of the molecule is C[NH+](C)C[C@H](NC(=O)COc1ccc(Br)cc1Cl)c1ccccc1. The van der Waals surface area contributed by atoms with Gasteiger partial charge in [-0.1, -0.05) is 57.9 Å². The van der Waals surface area contributed by atoms with Gasteiger partial charge in [-0.3, -0.25) is 4.79 Å². The van der Waals surface area contributed by atoms with E-state index in [4.69, 9.17) is 16.3 Å². The number of carbonyl (C=O) groups excluding carboxylic acids is 1. The minimum atomic E-state index is -0.177. The Kier molecular flexibility index (Phi) is 7.09. The highest BCUT2D eigenvalue weighted by Crippen LogP contribution is 2.27. The second-order valence-corrected chi connectivity index (χ2v) is 7.13. The molecule has 2 rings (SSSR count). The molecule has 1 amide bonds. The van der Waals surface area contributed by atoms with Crippen LogP contribution in [0, 0.1) is 0 Å². The molecule has 6 heteroatoms.